The molecular weight excluding hydrogens is 194 g/mol. The smallest absolute Gasteiger partial charge is 0.114 e. The Morgan fingerprint density at radius 3 is 2.46 bits per heavy atom. The second-order valence-electron chi connectivity index (χ2n) is 4.24. The fourth-order valence-electron chi connectivity index (χ4n) is 1.19. The van der Waals surface area contributed by atoms with Crippen molar-refractivity contribution >= 4 is 34.3 Å². The Hall–Kier alpha value is -0.673. The molecule has 1 aromatic heterocycles. The van der Waals surface area contributed by atoms with Gasteiger partial charge in [0.1, 0.15) is 8.07 Å². The highest BCUT2D eigenvalue weighted by molar-refractivity contribution is 7.30. The van der Waals surface area contributed by atoms with E-state index >= 15 is 0 Å². The zero-order valence-electron chi connectivity index (χ0n) is 8.16. The molecule has 0 bridgehead atoms. The van der Waals surface area contributed by atoms with Gasteiger partial charge in [-0.15, -0.1) is 11.3 Å². The van der Waals surface area contributed by atoms with Gasteiger partial charge < -0.3 is 0 Å². The third-order valence-corrected chi connectivity index (χ3v) is 6.32. The molecule has 0 aliphatic rings. The van der Waals surface area contributed by atoms with E-state index in [1.54, 1.807) is 0 Å². The van der Waals surface area contributed by atoms with Gasteiger partial charge >= 0.3 is 0 Å². The number of hydrogen-bond acceptors (Lipinski definition) is 2. The van der Waals surface area contributed by atoms with E-state index in [9.17, 15) is 0 Å². The Kier molecular flexibility index (Phi) is 2.00. The molecule has 0 aliphatic carbocycles. The van der Waals surface area contributed by atoms with E-state index < -0.39 is 8.07 Å². The molecule has 0 atom stereocenters. The van der Waals surface area contributed by atoms with Gasteiger partial charge in [-0.2, -0.15) is 0 Å². The second kappa shape index (κ2) is 2.92. The Labute approximate surface area is 83.4 Å². The average Bonchev–Trinajstić information content (AvgIpc) is 2.45. The van der Waals surface area contributed by atoms with Crippen molar-refractivity contribution in [3.05, 3.63) is 24.3 Å². The SMILES string of the molecule is C[Si](C)(C)c1nc2ccccc2s1. The van der Waals surface area contributed by atoms with Crippen LogP contribution in [0.3, 0.4) is 0 Å². The fourth-order valence-corrected chi connectivity index (χ4v) is 3.92. The molecule has 0 aliphatic heterocycles. The fraction of sp³-hybridized carbons (Fsp3) is 0.300. The van der Waals surface area contributed by atoms with Gasteiger partial charge in [-0.3, -0.25) is 0 Å². The van der Waals surface area contributed by atoms with Crippen molar-refractivity contribution in [2.75, 3.05) is 0 Å². The maximum absolute atomic E-state index is 4.66. The quantitative estimate of drug-likeness (QED) is 0.655. The summed E-state index contributed by atoms with van der Waals surface area (Å²) in [6.07, 6.45) is 0. The first-order valence-corrected chi connectivity index (χ1v) is 8.75. The lowest BCUT2D eigenvalue weighted by Gasteiger charge is -2.09. The Bertz CT molecular complexity index is 395. The van der Waals surface area contributed by atoms with Crippen LogP contribution >= 0.6 is 11.3 Å². The van der Waals surface area contributed by atoms with Crippen LogP contribution in [0.25, 0.3) is 10.2 Å². The molecule has 13 heavy (non-hydrogen) atoms. The molecule has 2 aromatic rings. The molecule has 0 spiro atoms. The summed E-state index contributed by atoms with van der Waals surface area (Å²) >= 11 is 1.85. The molecule has 0 radical (unpaired) electrons. The number of fused-ring (bicyclic) bond motifs is 1. The molecule has 0 amide bonds. The normalized spacial score (nSPS) is 12.2. The van der Waals surface area contributed by atoms with Gasteiger partial charge in [0.25, 0.3) is 0 Å². The highest BCUT2D eigenvalue weighted by Crippen LogP contribution is 2.18. The minimum atomic E-state index is -1.21. The predicted octanol–water partition coefficient (Wildman–Crippen LogP) is 2.84. The van der Waals surface area contributed by atoms with Crippen LogP contribution in [0.4, 0.5) is 0 Å². The summed E-state index contributed by atoms with van der Waals surface area (Å²) < 4.78 is 2.67. The van der Waals surface area contributed by atoms with E-state index in [0.717, 1.165) is 5.52 Å². The van der Waals surface area contributed by atoms with Gasteiger partial charge in [-0.25, -0.2) is 4.98 Å². The molecule has 0 unspecified atom stereocenters. The third-order valence-electron chi connectivity index (χ3n) is 1.94. The first-order valence-electron chi connectivity index (χ1n) is 4.43. The number of hydrogen-bond donors (Lipinski definition) is 0. The molecule has 0 saturated heterocycles. The summed E-state index contributed by atoms with van der Waals surface area (Å²) in [5.74, 6) is 0. The van der Waals surface area contributed by atoms with Crippen LogP contribution in [0.5, 0.6) is 0 Å². The van der Waals surface area contributed by atoms with Gasteiger partial charge in [-0.1, -0.05) is 31.8 Å². The number of rotatable bonds is 1. The standard InChI is InChI=1S/C10H13NSSi/c1-13(2,3)10-11-8-6-4-5-7-9(8)12-10/h4-7H,1-3H3. The van der Waals surface area contributed by atoms with Crippen molar-refractivity contribution in [3.8, 4) is 0 Å². The van der Waals surface area contributed by atoms with Gasteiger partial charge in [0.2, 0.25) is 0 Å². The van der Waals surface area contributed by atoms with E-state index in [4.69, 9.17) is 0 Å². The minimum Gasteiger partial charge on any atom is -0.246 e. The minimum absolute atomic E-state index is 1.16. The zero-order valence-corrected chi connectivity index (χ0v) is 9.98. The average molecular weight is 207 g/mol. The molecule has 3 heteroatoms. The first kappa shape index (κ1) is 8.90. The highest BCUT2D eigenvalue weighted by Gasteiger charge is 2.20. The zero-order chi connectivity index (χ0) is 9.47. The Morgan fingerprint density at radius 2 is 1.85 bits per heavy atom. The maximum atomic E-state index is 4.66. The number of para-hydroxylation sites is 1. The summed E-state index contributed by atoms with van der Waals surface area (Å²) in [5.41, 5.74) is 1.16. The summed E-state index contributed by atoms with van der Waals surface area (Å²) in [6, 6.07) is 8.37. The van der Waals surface area contributed by atoms with E-state index in [1.165, 1.54) is 9.33 Å². The van der Waals surface area contributed by atoms with Crippen molar-refractivity contribution in [2.45, 2.75) is 19.6 Å². The number of thiazole rings is 1. The van der Waals surface area contributed by atoms with Crippen LogP contribution in [-0.2, 0) is 0 Å². The summed E-state index contributed by atoms with van der Waals surface area (Å²) in [4.78, 5) is 4.66. The number of nitrogens with zero attached hydrogens (tertiary/aromatic N) is 1. The van der Waals surface area contributed by atoms with Gasteiger partial charge in [0.15, 0.2) is 0 Å². The van der Waals surface area contributed by atoms with E-state index in [0.29, 0.717) is 0 Å². The van der Waals surface area contributed by atoms with Crippen molar-refractivity contribution in [1.82, 2.24) is 4.98 Å². The Balaban J connectivity index is 2.63. The van der Waals surface area contributed by atoms with Crippen molar-refractivity contribution in [2.24, 2.45) is 0 Å². The summed E-state index contributed by atoms with van der Waals surface area (Å²) in [6.45, 7) is 7.01. The lowest BCUT2D eigenvalue weighted by atomic mass is 10.3. The molecule has 68 valence electrons. The van der Waals surface area contributed by atoms with Crippen LogP contribution in [-0.4, -0.2) is 13.1 Å². The molecule has 1 aromatic carbocycles. The monoisotopic (exact) mass is 207 g/mol. The van der Waals surface area contributed by atoms with E-state index in [1.807, 2.05) is 11.3 Å². The topological polar surface area (TPSA) is 12.9 Å². The summed E-state index contributed by atoms with van der Waals surface area (Å²) in [5, 5.41) is 0. The maximum Gasteiger partial charge on any atom is 0.114 e. The molecule has 0 saturated carbocycles. The van der Waals surface area contributed by atoms with Crippen LogP contribution in [0, 0.1) is 0 Å². The molecule has 0 N–H and O–H groups in total. The third kappa shape index (κ3) is 1.66. The van der Waals surface area contributed by atoms with Gasteiger partial charge in [-0.05, 0) is 12.1 Å². The molecular formula is C10H13NSSi. The van der Waals surface area contributed by atoms with Gasteiger partial charge in [0, 0.05) is 0 Å². The molecule has 1 heterocycles. The molecule has 0 fully saturated rings. The number of benzene rings is 1. The number of aromatic nitrogens is 1. The first-order chi connectivity index (χ1) is 6.07. The van der Waals surface area contributed by atoms with Gasteiger partial charge in [0.05, 0.1) is 14.8 Å². The van der Waals surface area contributed by atoms with Crippen molar-refractivity contribution in [1.29, 1.82) is 0 Å². The lowest BCUT2D eigenvalue weighted by molar-refractivity contribution is 1.51. The lowest BCUT2D eigenvalue weighted by Crippen LogP contribution is -2.36. The second-order valence-corrected chi connectivity index (χ2v) is 10.6. The Morgan fingerprint density at radius 1 is 1.15 bits per heavy atom. The highest BCUT2D eigenvalue weighted by atomic mass is 32.1. The van der Waals surface area contributed by atoms with Crippen molar-refractivity contribution < 1.29 is 0 Å². The van der Waals surface area contributed by atoms with E-state index in [2.05, 4.69) is 48.9 Å². The van der Waals surface area contributed by atoms with Crippen LogP contribution in [0.15, 0.2) is 24.3 Å². The molecule has 2 rings (SSSR count). The van der Waals surface area contributed by atoms with E-state index in [-0.39, 0.29) is 0 Å². The van der Waals surface area contributed by atoms with Crippen LogP contribution in [0.1, 0.15) is 0 Å². The van der Waals surface area contributed by atoms with Crippen LogP contribution < -0.4 is 4.63 Å². The van der Waals surface area contributed by atoms with Crippen LogP contribution in [0.2, 0.25) is 19.6 Å². The predicted molar refractivity (Wildman–Crippen MR) is 62.6 cm³/mol. The van der Waals surface area contributed by atoms with Crippen molar-refractivity contribution in [3.63, 3.8) is 0 Å². The summed E-state index contributed by atoms with van der Waals surface area (Å²) in [7, 11) is -1.21. The largest absolute Gasteiger partial charge is 0.246 e. The molecule has 1 nitrogen and oxygen atoms in total.